The summed E-state index contributed by atoms with van der Waals surface area (Å²) in [6.07, 6.45) is 0. The van der Waals surface area contributed by atoms with E-state index in [9.17, 15) is 0 Å². The van der Waals surface area contributed by atoms with Gasteiger partial charge >= 0.3 is 0 Å². The molecule has 0 saturated carbocycles. The molecule has 0 amide bonds. The molecule has 0 rings (SSSR count). The molecule has 0 unspecified atom stereocenters. The van der Waals surface area contributed by atoms with Crippen molar-refractivity contribution in [1.29, 1.82) is 0 Å². The summed E-state index contributed by atoms with van der Waals surface area (Å²) in [6.45, 7) is 14.5. The van der Waals surface area contributed by atoms with Gasteiger partial charge in [-0.15, -0.1) is 0 Å². The lowest BCUT2D eigenvalue weighted by Crippen LogP contribution is -2.55. The third-order valence-electron chi connectivity index (χ3n) is 2.93. The molecule has 0 aliphatic carbocycles. The summed E-state index contributed by atoms with van der Waals surface area (Å²) in [4.78, 5) is 0. The minimum Gasteiger partial charge on any atom is -0.418 e. The molecule has 5 heteroatoms. The average Bonchev–Trinajstić information content (AvgIpc) is 2.09. The molecule has 0 N–H and O–H groups in total. The van der Waals surface area contributed by atoms with Crippen molar-refractivity contribution < 1.29 is 13.9 Å². The highest BCUT2D eigenvalue weighted by atomic mass is 29.3. The molecule has 0 saturated heterocycles. The minimum atomic E-state index is -1.45. The molecule has 0 aliphatic heterocycles. The molecule has 0 heterocycles. The molecule has 0 bridgehead atoms. The van der Waals surface area contributed by atoms with Crippen molar-refractivity contribution in [2.45, 2.75) is 32.7 Å². The predicted molar refractivity (Wildman–Crippen MR) is 69.5 cm³/mol. The third kappa shape index (κ3) is 6.47. The first-order valence-electron chi connectivity index (χ1n) is 5.52. The van der Waals surface area contributed by atoms with Crippen LogP contribution >= 0.6 is 0 Å². The van der Waals surface area contributed by atoms with Gasteiger partial charge in [-0.3, -0.25) is 0 Å². The van der Waals surface area contributed by atoms with Crippen LogP contribution in [0.25, 0.3) is 0 Å². The smallest absolute Gasteiger partial charge is 0.173 e. The molecular weight excluding hydrogens is 224 g/mol. The summed E-state index contributed by atoms with van der Waals surface area (Å²) in [6, 6.07) is 0. The maximum atomic E-state index is 6.01. The fourth-order valence-corrected chi connectivity index (χ4v) is 3.45. The maximum absolute atomic E-state index is 6.01. The second-order valence-corrected chi connectivity index (χ2v) is 21.1. The van der Waals surface area contributed by atoms with E-state index in [0.717, 1.165) is 6.61 Å². The maximum Gasteiger partial charge on any atom is 0.173 e. The van der Waals surface area contributed by atoms with Crippen LogP contribution in [0.15, 0.2) is 0 Å². The molecule has 0 aromatic rings. The second kappa shape index (κ2) is 6.80. The first-order valence-corrected chi connectivity index (χ1v) is 12.9. The zero-order valence-corrected chi connectivity index (χ0v) is 13.1. The van der Waals surface area contributed by atoms with Gasteiger partial charge < -0.3 is 13.9 Å². The lowest BCUT2D eigenvalue weighted by molar-refractivity contribution is 0.0537. The highest BCUT2D eigenvalue weighted by Crippen LogP contribution is 2.19. The molecule has 0 aromatic heterocycles. The Morgan fingerprint density at radius 2 is 1.33 bits per heavy atom. The van der Waals surface area contributed by atoms with Crippen molar-refractivity contribution in [2.24, 2.45) is 0 Å². The van der Waals surface area contributed by atoms with E-state index in [-0.39, 0.29) is 0 Å². The zero-order valence-electron chi connectivity index (χ0n) is 11.1. The topological polar surface area (TPSA) is 27.7 Å². The van der Waals surface area contributed by atoms with Crippen molar-refractivity contribution in [3.63, 3.8) is 0 Å². The van der Waals surface area contributed by atoms with Crippen molar-refractivity contribution in [3.05, 3.63) is 0 Å². The van der Waals surface area contributed by atoms with Crippen LogP contribution < -0.4 is 0 Å². The largest absolute Gasteiger partial charge is 0.418 e. The quantitative estimate of drug-likeness (QED) is 0.489. The van der Waals surface area contributed by atoms with E-state index in [2.05, 4.69) is 32.7 Å². The van der Waals surface area contributed by atoms with E-state index in [1.807, 2.05) is 0 Å². The van der Waals surface area contributed by atoms with Gasteiger partial charge in [0.1, 0.15) is 0 Å². The van der Waals surface area contributed by atoms with Gasteiger partial charge in [0, 0.05) is 7.11 Å². The van der Waals surface area contributed by atoms with Crippen LogP contribution in [0, 0.1) is 0 Å². The van der Waals surface area contributed by atoms with Gasteiger partial charge in [-0.25, -0.2) is 0 Å². The summed E-state index contributed by atoms with van der Waals surface area (Å²) in [5.74, 6) is 0. The van der Waals surface area contributed by atoms with E-state index in [1.165, 1.54) is 0 Å². The lowest BCUT2D eigenvalue weighted by Gasteiger charge is -2.34. The summed E-state index contributed by atoms with van der Waals surface area (Å²) < 4.78 is 16.3. The molecule has 92 valence electrons. The Kier molecular flexibility index (Phi) is 6.94. The molecule has 0 atom stereocenters. The van der Waals surface area contributed by atoms with Crippen LogP contribution in [-0.4, -0.2) is 49.0 Å². The Hall–Kier alpha value is 0.314. The molecule has 3 nitrogen and oxygen atoms in total. The SMILES string of the molecule is COCCOCCO[Si](C)(C)[Si](C)(C)C. The second-order valence-electron chi connectivity index (χ2n) is 5.21. The zero-order chi connectivity index (χ0) is 11.9. The molecule has 0 radical (unpaired) electrons. The van der Waals surface area contributed by atoms with Crippen LogP contribution in [0.3, 0.4) is 0 Å². The van der Waals surface area contributed by atoms with Crippen LogP contribution in [0.2, 0.25) is 32.7 Å². The fourth-order valence-electron chi connectivity index (χ4n) is 0.817. The number of methoxy groups -OCH3 is 1. The normalized spacial score (nSPS) is 13.2. The van der Waals surface area contributed by atoms with Gasteiger partial charge in [0.15, 0.2) is 7.83 Å². The Morgan fingerprint density at radius 3 is 1.80 bits per heavy atom. The first kappa shape index (κ1) is 15.3. The van der Waals surface area contributed by atoms with E-state index >= 15 is 0 Å². The third-order valence-corrected chi connectivity index (χ3v) is 18.7. The summed E-state index contributed by atoms with van der Waals surface area (Å²) in [5, 5.41) is 0. The van der Waals surface area contributed by atoms with E-state index in [0.29, 0.717) is 19.8 Å². The van der Waals surface area contributed by atoms with Gasteiger partial charge in [0.25, 0.3) is 0 Å². The van der Waals surface area contributed by atoms with Crippen molar-refractivity contribution >= 4 is 15.4 Å². The van der Waals surface area contributed by atoms with Crippen LogP contribution in [-0.2, 0) is 13.9 Å². The first-order chi connectivity index (χ1) is 6.81. The van der Waals surface area contributed by atoms with E-state index in [4.69, 9.17) is 13.9 Å². The van der Waals surface area contributed by atoms with Crippen molar-refractivity contribution in [1.82, 2.24) is 0 Å². The molecule has 0 aliphatic rings. The van der Waals surface area contributed by atoms with Gasteiger partial charge in [-0.05, 0) is 13.1 Å². The van der Waals surface area contributed by atoms with Crippen molar-refractivity contribution in [2.75, 3.05) is 33.5 Å². The number of hydrogen-bond acceptors (Lipinski definition) is 3. The molecular formula is C10H26O3Si2. The molecule has 0 spiro atoms. The predicted octanol–water partition coefficient (Wildman–Crippen LogP) is 2.29. The average molecular weight is 250 g/mol. The summed E-state index contributed by atoms with van der Waals surface area (Å²) in [7, 11) is -0.888. The van der Waals surface area contributed by atoms with Gasteiger partial charge in [-0.2, -0.15) is 0 Å². The number of ether oxygens (including phenoxy) is 2. The lowest BCUT2D eigenvalue weighted by atomic mass is 10.7. The summed E-state index contributed by atoms with van der Waals surface area (Å²) >= 11 is 0. The van der Waals surface area contributed by atoms with Crippen LogP contribution in [0.5, 0.6) is 0 Å². The molecule has 15 heavy (non-hydrogen) atoms. The Balaban J connectivity index is 3.58. The van der Waals surface area contributed by atoms with Gasteiger partial charge in [-0.1, -0.05) is 19.6 Å². The number of rotatable bonds is 8. The van der Waals surface area contributed by atoms with Crippen LogP contribution in [0.1, 0.15) is 0 Å². The van der Waals surface area contributed by atoms with Gasteiger partial charge in [0.05, 0.1) is 34.0 Å². The molecule has 0 fully saturated rings. The fraction of sp³-hybridized carbons (Fsp3) is 1.00. The summed E-state index contributed by atoms with van der Waals surface area (Å²) in [5.41, 5.74) is 0. The van der Waals surface area contributed by atoms with E-state index < -0.39 is 15.4 Å². The molecule has 0 aromatic carbocycles. The Morgan fingerprint density at radius 1 is 0.800 bits per heavy atom. The highest BCUT2D eigenvalue weighted by molar-refractivity contribution is 7.37. The Labute approximate surface area is 96.0 Å². The van der Waals surface area contributed by atoms with E-state index in [1.54, 1.807) is 7.11 Å². The standard InChI is InChI=1S/C10H26O3Si2/c1-11-7-8-12-9-10-13-15(5,6)14(2,3)4/h7-10H2,1-6H3. The highest BCUT2D eigenvalue weighted by Gasteiger charge is 2.38. The monoisotopic (exact) mass is 250 g/mol. The van der Waals surface area contributed by atoms with Crippen LogP contribution in [0.4, 0.5) is 0 Å². The van der Waals surface area contributed by atoms with Crippen molar-refractivity contribution in [3.8, 4) is 0 Å². The Bertz CT molecular complexity index is 167. The minimum absolute atomic E-state index is 0.661. The van der Waals surface area contributed by atoms with Gasteiger partial charge in [0.2, 0.25) is 0 Å². The number of hydrogen-bond donors (Lipinski definition) is 0.